The van der Waals surface area contributed by atoms with E-state index in [2.05, 4.69) is 45.5 Å². The first-order valence-corrected chi connectivity index (χ1v) is 8.22. The highest BCUT2D eigenvalue weighted by Crippen LogP contribution is 2.28. The van der Waals surface area contributed by atoms with Gasteiger partial charge < -0.3 is 10.2 Å². The van der Waals surface area contributed by atoms with Gasteiger partial charge in [0.15, 0.2) is 0 Å². The summed E-state index contributed by atoms with van der Waals surface area (Å²) in [5, 5.41) is 6.27. The number of aromatic nitrogens is 1. The van der Waals surface area contributed by atoms with E-state index in [-0.39, 0.29) is 0 Å². The molecule has 2 heterocycles. The van der Waals surface area contributed by atoms with Crippen molar-refractivity contribution in [2.45, 2.75) is 31.7 Å². The molecule has 1 saturated carbocycles. The van der Waals surface area contributed by atoms with Crippen LogP contribution in [0, 0.1) is 5.92 Å². The number of nitrogens with one attached hydrogen (secondary N) is 1. The topological polar surface area (TPSA) is 28.2 Å². The zero-order chi connectivity index (χ0) is 14.1. The van der Waals surface area contributed by atoms with Gasteiger partial charge in [-0.05, 0) is 49.6 Å². The summed E-state index contributed by atoms with van der Waals surface area (Å²) < 4.78 is 0. The van der Waals surface area contributed by atoms with E-state index >= 15 is 0 Å². The van der Waals surface area contributed by atoms with Gasteiger partial charge in [-0.15, -0.1) is 0 Å². The second-order valence-corrected chi connectivity index (χ2v) is 6.49. The summed E-state index contributed by atoms with van der Waals surface area (Å²) in [6.07, 6.45) is 7.33. The van der Waals surface area contributed by atoms with E-state index < -0.39 is 0 Å². The van der Waals surface area contributed by atoms with Gasteiger partial charge in [0.1, 0.15) is 5.82 Å². The number of rotatable bonds is 4. The van der Waals surface area contributed by atoms with Crippen molar-refractivity contribution in [1.29, 1.82) is 0 Å². The van der Waals surface area contributed by atoms with Gasteiger partial charge in [0.25, 0.3) is 0 Å². The van der Waals surface area contributed by atoms with Gasteiger partial charge >= 0.3 is 0 Å². The Kier molecular flexibility index (Phi) is 3.52. The highest BCUT2D eigenvalue weighted by atomic mass is 15.2. The van der Waals surface area contributed by atoms with Crippen LogP contribution in [-0.2, 0) is 0 Å². The summed E-state index contributed by atoms with van der Waals surface area (Å²) in [7, 11) is 0. The van der Waals surface area contributed by atoms with Crippen LogP contribution in [-0.4, -0.2) is 30.7 Å². The molecule has 0 spiro atoms. The molecule has 4 rings (SSSR count). The minimum absolute atomic E-state index is 0.764. The zero-order valence-electron chi connectivity index (χ0n) is 12.5. The predicted octanol–water partition coefficient (Wildman–Crippen LogP) is 3.20. The molecule has 0 amide bonds. The molecule has 2 aromatic rings. The largest absolute Gasteiger partial charge is 0.356 e. The van der Waals surface area contributed by atoms with Crippen LogP contribution in [0.5, 0.6) is 0 Å². The van der Waals surface area contributed by atoms with Crippen LogP contribution < -0.4 is 10.2 Å². The molecular formula is C18H23N3. The molecule has 2 fully saturated rings. The molecule has 110 valence electrons. The van der Waals surface area contributed by atoms with Crippen molar-refractivity contribution in [3.05, 3.63) is 36.5 Å². The number of pyridine rings is 1. The molecule has 1 atom stereocenters. The van der Waals surface area contributed by atoms with Crippen LogP contribution in [0.1, 0.15) is 25.7 Å². The Morgan fingerprint density at radius 2 is 2.05 bits per heavy atom. The van der Waals surface area contributed by atoms with E-state index in [1.165, 1.54) is 48.8 Å². The average molecular weight is 281 g/mol. The Bertz CT molecular complexity index is 615. The van der Waals surface area contributed by atoms with Crippen LogP contribution in [0.2, 0.25) is 0 Å². The maximum absolute atomic E-state index is 4.68. The number of benzene rings is 1. The Balaban J connectivity index is 1.53. The molecular weight excluding hydrogens is 258 g/mol. The predicted molar refractivity (Wildman–Crippen MR) is 87.7 cm³/mol. The lowest BCUT2D eigenvalue weighted by molar-refractivity contribution is 0.390. The van der Waals surface area contributed by atoms with Crippen molar-refractivity contribution in [3.63, 3.8) is 0 Å². The smallest absolute Gasteiger partial charge is 0.136 e. The molecule has 21 heavy (non-hydrogen) atoms. The van der Waals surface area contributed by atoms with E-state index in [0.717, 1.165) is 25.0 Å². The number of hydrogen-bond acceptors (Lipinski definition) is 3. The van der Waals surface area contributed by atoms with E-state index in [1.54, 1.807) is 0 Å². The van der Waals surface area contributed by atoms with E-state index in [4.69, 9.17) is 0 Å². The molecule has 1 aliphatic heterocycles. The van der Waals surface area contributed by atoms with Crippen LogP contribution in [0.4, 0.5) is 5.82 Å². The lowest BCUT2D eigenvalue weighted by Gasteiger charge is -2.34. The summed E-state index contributed by atoms with van der Waals surface area (Å²) in [6.45, 7) is 3.45. The molecule has 2 aliphatic rings. The number of fused-ring (bicyclic) bond motifs is 1. The lowest BCUT2D eigenvalue weighted by atomic mass is 9.97. The third kappa shape index (κ3) is 2.88. The fourth-order valence-corrected chi connectivity index (χ4v) is 3.40. The Hall–Kier alpha value is -1.61. The van der Waals surface area contributed by atoms with Crippen molar-refractivity contribution in [2.75, 3.05) is 24.5 Å². The van der Waals surface area contributed by atoms with Gasteiger partial charge in [-0.3, -0.25) is 0 Å². The Morgan fingerprint density at radius 1 is 1.14 bits per heavy atom. The number of nitrogens with zero attached hydrogens (tertiary/aromatic N) is 2. The first-order chi connectivity index (χ1) is 10.4. The molecule has 1 aromatic carbocycles. The highest BCUT2D eigenvalue weighted by molar-refractivity contribution is 5.92. The normalized spacial score (nSPS) is 22.7. The van der Waals surface area contributed by atoms with Crippen LogP contribution >= 0.6 is 0 Å². The minimum Gasteiger partial charge on any atom is -0.356 e. The van der Waals surface area contributed by atoms with Crippen LogP contribution in [0.25, 0.3) is 10.8 Å². The van der Waals surface area contributed by atoms with E-state index in [9.17, 15) is 0 Å². The molecule has 3 nitrogen and oxygen atoms in total. The molecule has 0 bridgehead atoms. The van der Waals surface area contributed by atoms with Gasteiger partial charge in [0, 0.05) is 30.7 Å². The van der Waals surface area contributed by atoms with Crippen LogP contribution in [0.15, 0.2) is 36.5 Å². The Labute approximate surface area is 126 Å². The molecule has 1 saturated heterocycles. The molecule has 1 unspecified atom stereocenters. The number of anilines is 1. The van der Waals surface area contributed by atoms with Crippen LogP contribution in [0.3, 0.4) is 0 Å². The average Bonchev–Trinajstić information content (AvgIpc) is 3.37. The van der Waals surface area contributed by atoms with E-state index in [0.29, 0.717) is 0 Å². The zero-order valence-corrected chi connectivity index (χ0v) is 12.5. The SMILES string of the molecule is c1ccc2c(N3CCCC(CNC4CC4)C3)nccc2c1. The van der Waals surface area contributed by atoms with E-state index in [1.807, 2.05) is 6.20 Å². The van der Waals surface area contributed by atoms with Crippen molar-refractivity contribution in [2.24, 2.45) is 5.92 Å². The second kappa shape index (κ2) is 5.64. The highest BCUT2D eigenvalue weighted by Gasteiger charge is 2.25. The number of hydrogen-bond donors (Lipinski definition) is 1. The van der Waals surface area contributed by atoms with Gasteiger partial charge in [-0.1, -0.05) is 24.3 Å². The molecule has 0 radical (unpaired) electrons. The van der Waals surface area contributed by atoms with Crippen molar-refractivity contribution >= 4 is 16.6 Å². The maximum Gasteiger partial charge on any atom is 0.136 e. The second-order valence-electron chi connectivity index (χ2n) is 6.49. The van der Waals surface area contributed by atoms with Gasteiger partial charge in [-0.25, -0.2) is 4.98 Å². The van der Waals surface area contributed by atoms with Gasteiger partial charge in [0.2, 0.25) is 0 Å². The quantitative estimate of drug-likeness (QED) is 0.933. The number of piperidine rings is 1. The first-order valence-electron chi connectivity index (χ1n) is 8.22. The summed E-state index contributed by atoms with van der Waals surface area (Å²) in [6, 6.07) is 11.5. The molecule has 3 heteroatoms. The summed E-state index contributed by atoms with van der Waals surface area (Å²) in [4.78, 5) is 7.17. The standard InChI is InChI=1S/C18H23N3/c1-2-6-17-15(5-1)9-10-19-18(17)21-11-3-4-14(13-21)12-20-16-7-8-16/h1-2,5-6,9-10,14,16,20H,3-4,7-8,11-13H2. The Morgan fingerprint density at radius 3 is 2.95 bits per heavy atom. The van der Waals surface area contributed by atoms with Gasteiger partial charge in [0.05, 0.1) is 0 Å². The fraction of sp³-hybridized carbons (Fsp3) is 0.500. The minimum atomic E-state index is 0.764. The van der Waals surface area contributed by atoms with Crippen molar-refractivity contribution in [3.8, 4) is 0 Å². The molecule has 1 aromatic heterocycles. The first kappa shape index (κ1) is 13.1. The molecule has 1 aliphatic carbocycles. The maximum atomic E-state index is 4.68. The van der Waals surface area contributed by atoms with Crippen molar-refractivity contribution < 1.29 is 0 Å². The third-order valence-corrected chi connectivity index (χ3v) is 4.74. The summed E-state index contributed by atoms with van der Waals surface area (Å²) in [5.74, 6) is 1.93. The summed E-state index contributed by atoms with van der Waals surface area (Å²) >= 11 is 0. The van der Waals surface area contributed by atoms with Gasteiger partial charge in [-0.2, -0.15) is 0 Å². The summed E-state index contributed by atoms with van der Waals surface area (Å²) in [5.41, 5.74) is 0. The third-order valence-electron chi connectivity index (χ3n) is 4.74. The monoisotopic (exact) mass is 281 g/mol. The fourth-order valence-electron chi connectivity index (χ4n) is 3.40. The lowest BCUT2D eigenvalue weighted by Crippen LogP contribution is -2.40. The molecule has 1 N–H and O–H groups in total. The van der Waals surface area contributed by atoms with Crippen molar-refractivity contribution in [1.82, 2.24) is 10.3 Å².